The number of methoxy groups -OCH3 is 1. The van der Waals surface area contributed by atoms with Crippen LogP contribution in [0.2, 0.25) is 0 Å². The fraction of sp³-hybridized carbons (Fsp3) is 0.800. The maximum absolute atomic E-state index is 11.5. The molecule has 0 radical (unpaired) electrons. The zero-order valence-electron chi connectivity index (χ0n) is 9.23. The Morgan fingerprint density at radius 1 is 1.50 bits per heavy atom. The van der Waals surface area contributed by atoms with Gasteiger partial charge in [-0.25, -0.2) is 4.79 Å². The summed E-state index contributed by atoms with van der Waals surface area (Å²) in [6.45, 7) is -0.610. The average Bonchev–Trinajstić information content (AvgIpc) is 2.19. The van der Waals surface area contributed by atoms with E-state index in [0.29, 0.717) is 0 Å². The van der Waals surface area contributed by atoms with Crippen LogP contribution in [0.1, 0.15) is 25.7 Å². The molecule has 1 atom stereocenters. The van der Waals surface area contributed by atoms with E-state index in [2.05, 4.69) is 5.32 Å². The largest absolute Gasteiger partial charge is 0.480 e. The number of rotatable bonds is 6. The monoisotopic (exact) mass is 231 g/mol. The summed E-state index contributed by atoms with van der Waals surface area (Å²) in [4.78, 5) is 22.1. The maximum Gasteiger partial charge on any atom is 0.328 e. The molecule has 1 rings (SSSR count). The Morgan fingerprint density at radius 2 is 2.12 bits per heavy atom. The number of carbonyl (C=O) groups excluding carboxylic acids is 1. The summed E-state index contributed by atoms with van der Waals surface area (Å²) in [5, 5.41) is 19.6. The highest BCUT2D eigenvalue weighted by molar-refractivity contribution is 5.84. The van der Waals surface area contributed by atoms with Crippen LogP contribution in [0.3, 0.4) is 0 Å². The molecule has 0 spiro atoms. The molecule has 3 N–H and O–H groups in total. The lowest BCUT2D eigenvalue weighted by Crippen LogP contribution is -2.48. The van der Waals surface area contributed by atoms with Gasteiger partial charge >= 0.3 is 5.97 Å². The fourth-order valence-corrected chi connectivity index (χ4v) is 1.75. The van der Waals surface area contributed by atoms with Gasteiger partial charge in [-0.15, -0.1) is 0 Å². The topological polar surface area (TPSA) is 95.9 Å². The minimum atomic E-state index is -1.24. The van der Waals surface area contributed by atoms with Crippen molar-refractivity contribution in [2.45, 2.75) is 37.3 Å². The second-order valence-electron chi connectivity index (χ2n) is 4.06. The van der Waals surface area contributed by atoms with Crippen molar-refractivity contribution in [2.75, 3.05) is 13.7 Å². The van der Waals surface area contributed by atoms with Crippen molar-refractivity contribution >= 4 is 11.9 Å². The Hall–Kier alpha value is -1.14. The summed E-state index contributed by atoms with van der Waals surface area (Å²) < 4.78 is 5.25. The number of hydrogen-bond donors (Lipinski definition) is 3. The zero-order valence-corrected chi connectivity index (χ0v) is 9.23. The summed E-state index contributed by atoms with van der Waals surface area (Å²) in [6.07, 6.45) is 2.79. The number of carboxylic acid groups (broad SMARTS) is 1. The molecule has 6 nitrogen and oxygen atoms in total. The number of nitrogens with one attached hydrogen (secondary N) is 1. The lowest BCUT2D eigenvalue weighted by Gasteiger charge is -2.40. The van der Waals surface area contributed by atoms with Gasteiger partial charge in [-0.3, -0.25) is 4.79 Å². The van der Waals surface area contributed by atoms with Crippen LogP contribution in [0.25, 0.3) is 0 Å². The van der Waals surface area contributed by atoms with Crippen LogP contribution in [0, 0.1) is 0 Å². The fourth-order valence-electron chi connectivity index (χ4n) is 1.75. The molecular formula is C10H17NO5. The van der Waals surface area contributed by atoms with Crippen LogP contribution in [-0.2, 0) is 14.3 Å². The van der Waals surface area contributed by atoms with Gasteiger partial charge in [-0.2, -0.15) is 0 Å². The summed E-state index contributed by atoms with van der Waals surface area (Å²) in [5.41, 5.74) is -0.428. The molecule has 16 heavy (non-hydrogen) atoms. The molecule has 6 heteroatoms. The van der Waals surface area contributed by atoms with Gasteiger partial charge in [-0.1, -0.05) is 0 Å². The summed E-state index contributed by atoms with van der Waals surface area (Å²) in [7, 11) is 1.55. The molecule has 0 saturated heterocycles. The first-order valence-electron chi connectivity index (χ1n) is 5.21. The first-order chi connectivity index (χ1) is 7.53. The van der Waals surface area contributed by atoms with Gasteiger partial charge < -0.3 is 20.3 Å². The molecule has 0 aromatic rings. The van der Waals surface area contributed by atoms with E-state index in [1.807, 2.05) is 0 Å². The van der Waals surface area contributed by atoms with Gasteiger partial charge in [-0.05, 0) is 19.3 Å². The van der Waals surface area contributed by atoms with E-state index >= 15 is 0 Å². The smallest absolute Gasteiger partial charge is 0.328 e. The molecule has 92 valence electrons. The molecule has 0 bridgehead atoms. The molecule has 1 fully saturated rings. The number of carbonyl (C=O) groups is 2. The van der Waals surface area contributed by atoms with Crippen molar-refractivity contribution in [1.82, 2.24) is 5.32 Å². The Morgan fingerprint density at radius 3 is 2.44 bits per heavy atom. The van der Waals surface area contributed by atoms with E-state index in [-0.39, 0.29) is 6.42 Å². The zero-order chi connectivity index (χ0) is 12.2. The molecule has 0 aromatic carbocycles. The second-order valence-corrected chi connectivity index (χ2v) is 4.06. The molecule has 1 aliphatic carbocycles. The predicted octanol–water partition coefficient (Wildman–Crippen LogP) is -0.493. The SMILES string of the molecule is COC1(CC(=O)N[C@@H](CO)C(=O)O)CCC1. The van der Waals surface area contributed by atoms with Gasteiger partial charge in [0.15, 0.2) is 0 Å². The first kappa shape index (κ1) is 12.9. The molecule has 1 aliphatic rings. The Balaban J connectivity index is 2.43. The summed E-state index contributed by atoms with van der Waals surface area (Å²) in [6, 6.07) is -1.23. The first-order valence-corrected chi connectivity index (χ1v) is 5.21. The highest BCUT2D eigenvalue weighted by Crippen LogP contribution is 2.37. The molecule has 0 heterocycles. The van der Waals surface area contributed by atoms with Crippen molar-refractivity contribution in [3.8, 4) is 0 Å². The van der Waals surface area contributed by atoms with E-state index in [4.69, 9.17) is 14.9 Å². The number of amides is 1. The van der Waals surface area contributed by atoms with Gasteiger partial charge in [0.2, 0.25) is 5.91 Å². The molecule has 1 saturated carbocycles. The molecule has 0 aliphatic heterocycles. The predicted molar refractivity (Wildman–Crippen MR) is 54.9 cm³/mol. The number of hydrogen-bond acceptors (Lipinski definition) is 4. The van der Waals surface area contributed by atoms with Crippen molar-refractivity contribution < 1.29 is 24.5 Å². The minimum Gasteiger partial charge on any atom is -0.480 e. The van der Waals surface area contributed by atoms with Gasteiger partial charge in [0.1, 0.15) is 6.04 Å². The van der Waals surface area contributed by atoms with Crippen LogP contribution >= 0.6 is 0 Å². The third kappa shape index (κ3) is 2.93. The van der Waals surface area contributed by atoms with E-state index in [9.17, 15) is 9.59 Å². The van der Waals surface area contributed by atoms with Crippen molar-refractivity contribution in [3.05, 3.63) is 0 Å². The van der Waals surface area contributed by atoms with Crippen molar-refractivity contribution in [1.29, 1.82) is 0 Å². The molecule has 1 amide bonds. The molecule has 0 unspecified atom stereocenters. The van der Waals surface area contributed by atoms with Gasteiger partial charge in [0.05, 0.1) is 18.6 Å². The highest BCUT2D eigenvalue weighted by Gasteiger charge is 2.39. The van der Waals surface area contributed by atoms with Crippen LogP contribution in [0.15, 0.2) is 0 Å². The normalized spacial score (nSPS) is 19.6. The number of aliphatic hydroxyl groups excluding tert-OH is 1. The number of aliphatic hydroxyl groups is 1. The van der Waals surface area contributed by atoms with Crippen molar-refractivity contribution in [3.63, 3.8) is 0 Å². The second kappa shape index (κ2) is 5.27. The third-order valence-corrected chi connectivity index (χ3v) is 3.00. The Bertz CT molecular complexity index is 269. The maximum atomic E-state index is 11.5. The lowest BCUT2D eigenvalue weighted by atomic mass is 9.77. The summed E-state index contributed by atoms with van der Waals surface area (Å²) in [5.74, 6) is -1.64. The van der Waals surface area contributed by atoms with E-state index < -0.39 is 30.1 Å². The minimum absolute atomic E-state index is 0.146. The van der Waals surface area contributed by atoms with Crippen LogP contribution in [-0.4, -0.2) is 47.4 Å². The van der Waals surface area contributed by atoms with Gasteiger partial charge in [0.25, 0.3) is 0 Å². The van der Waals surface area contributed by atoms with Crippen LogP contribution in [0.5, 0.6) is 0 Å². The van der Waals surface area contributed by atoms with E-state index in [0.717, 1.165) is 19.3 Å². The number of aliphatic carboxylic acids is 1. The van der Waals surface area contributed by atoms with E-state index in [1.165, 1.54) is 0 Å². The Kier molecular flexibility index (Phi) is 4.26. The van der Waals surface area contributed by atoms with Crippen LogP contribution in [0.4, 0.5) is 0 Å². The van der Waals surface area contributed by atoms with Crippen LogP contribution < -0.4 is 5.32 Å². The third-order valence-electron chi connectivity index (χ3n) is 3.00. The molecular weight excluding hydrogens is 214 g/mol. The van der Waals surface area contributed by atoms with E-state index in [1.54, 1.807) is 7.11 Å². The Labute approximate surface area is 93.6 Å². The standard InChI is InChI=1S/C10H17NO5/c1-16-10(3-2-4-10)5-8(13)11-7(6-12)9(14)15/h7,12H,2-6H2,1H3,(H,11,13)(H,14,15)/t7-/m0/s1. The lowest BCUT2D eigenvalue weighted by molar-refractivity contribution is -0.145. The quantitative estimate of drug-likeness (QED) is 0.573. The average molecular weight is 231 g/mol. The van der Waals surface area contributed by atoms with Crippen molar-refractivity contribution in [2.24, 2.45) is 0 Å². The number of carboxylic acids is 1. The molecule has 0 aromatic heterocycles. The number of ether oxygens (including phenoxy) is 1. The highest BCUT2D eigenvalue weighted by atomic mass is 16.5. The summed E-state index contributed by atoms with van der Waals surface area (Å²) >= 11 is 0. The van der Waals surface area contributed by atoms with Gasteiger partial charge in [0, 0.05) is 7.11 Å².